The van der Waals surface area contributed by atoms with Crippen molar-refractivity contribution in [3.63, 3.8) is 0 Å². The minimum Gasteiger partial charge on any atom is -0.382 e. The number of benzene rings is 1. The maximum atomic E-state index is 12.2. The van der Waals surface area contributed by atoms with Crippen molar-refractivity contribution in [1.29, 1.82) is 0 Å². The smallest absolute Gasteiger partial charge is 0.278 e. The number of nitrogens with two attached hydrogens (primary N) is 1. The molecule has 3 aromatic rings. The maximum absolute atomic E-state index is 12.2. The second-order valence-corrected chi connectivity index (χ2v) is 6.17. The molecule has 1 aromatic carbocycles. The molecule has 0 aliphatic rings. The van der Waals surface area contributed by atoms with Crippen LogP contribution in [0, 0.1) is 0 Å². The number of amides is 2. The van der Waals surface area contributed by atoms with E-state index in [1.807, 2.05) is 31.2 Å². The molecule has 0 spiro atoms. The predicted octanol–water partition coefficient (Wildman–Crippen LogP) is 2.29. The quantitative estimate of drug-likeness (QED) is 0.578. The molecule has 9 nitrogen and oxygen atoms in total. The van der Waals surface area contributed by atoms with Crippen molar-refractivity contribution >= 4 is 29.0 Å². The van der Waals surface area contributed by atoms with E-state index in [0.29, 0.717) is 18.7 Å². The van der Waals surface area contributed by atoms with Gasteiger partial charge in [0.2, 0.25) is 5.91 Å². The monoisotopic (exact) mass is 379 g/mol. The number of carbonyl (C=O) groups is 2. The van der Waals surface area contributed by atoms with E-state index in [2.05, 4.69) is 25.7 Å². The fraction of sp³-hybridized carbons (Fsp3) is 0.211. The lowest BCUT2D eigenvalue weighted by Gasteiger charge is -2.07. The highest BCUT2D eigenvalue weighted by Gasteiger charge is 2.13. The third-order valence-corrected chi connectivity index (χ3v) is 3.87. The van der Waals surface area contributed by atoms with Crippen LogP contribution in [0.25, 0.3) is 0 Å². The van der Waals surface area contributed by atoms with Crippen molar-refractivity contribution in [3.05, 3.63) is 60.3 Å². The highest BCUT2D eigenvalue weighted by Crippen LogP contribution is 2.14. The summed E-state index contributed by atoms with van der Waals surface area (Å²) in [5.74, 6) is -0.396. The van der Waals surface area contributed by atoms with Gasteiger partial charge in [-0.15, -0.1) is 0 Å². The number of hydrogen-bond donors (Lipinski definition) is 3. The van der Waals surface area contributed by atoms with Crippen LogP contribution in [0.5, 0.6) is 0 Å². The fourth-order valence-electron chi connectivity index (χ4n) is 2.61. The fourth-order valence-corrected chi connectivity index (χ4v) is 2.61. The number of anilines is 3. The lowest BCUT2D eigenvalue weighted by Crippen LogP contribution is -2.16. The van der Waals surface area contributed by atoms with E-state index in [1.54, 1.807) is 10.9 Å². The Morgan fingerprint density at radius 1 is 1.14 bits per heavy atom. The maximum Gasteiger partial charge on any atom is 0.278 e. The van der Waals surface area contributed by atoms with Crippen molar-refractivity contribution in [1.82, 2.24) is 19.7 Å². The summed E-state index contributed by atoms with van der Waals surface area (Å²) in [5.41, 5.74) is 7.95. The normalized spacial score (nSPS) is 10.5. The molecule has 0 fully saturated rings. The van der Waals surface area contributed by atoms with Crippen LogP contribution < -0.4 is 16.4 Å². The standard InChI is InChI=1S/C19H21N7O2/c1-2-4-16(27)24-14-6-3-5-13(9-14)11-26-12-15(10-23-26)25-19(28)17-18(20)22-8-7-21-17/h3,5-10,12H,2,4,11H2,1H3,(H2,20,22)(H,24,27)(H,25,28). The molecule has 2 amide bonds. The number of rotatable bonds is 7. The third kappa shape index (κ3) is 4.91. The van der Waals surface area contributed by atoms with E-state index >= 15 is 0 Å². The summed E-state index contributed by atoms with van der Waals surface area (Å²) in [4.78, 5) is 31.8. The molecule has 0 bridgehead atoms. The largest absolute Gasteiger partial charge is 0.382 e. The first kappa shape index (κ1) is 19.0. The van der Waals surface area contributed by atoms with Crippen LogP contribution in [0.3, 0.4) is 0 Å². The Labute approximate surface area is 162 Å². The van der Waals surface area contributed by atoms with E-state index in [4.69, 9.17) is 5.73 Å². The van der Waals surface area contributed by atoms with Gasteiger partial charge in [0.05, 0.1) is 18.4 Å². The number of nitrogens with one attached hydrogen (secondary N) is 2. The van der Waals surface area contributed by atoms with Crippen LogP contribution in [-0.2, 0) is 11.3 Å². The number of nitrogen functional groups attached to an aromatic ring is 1. The molecule has 0 saturated carbocycles. The summed E-state index contributed by atoms with van der Waals surface area (Å²) in [6, 6.07) is 7.56. The van der Waals surface area contributed by atoms with Gasteiger partial charge in [-0.2, -0.15) is 5.10 Å². The van der Waals surface area contributed by atoms with Gasteiger partial charge in [-0.25, -0.2) is 9.97 Å². The Morgan fingerprint density at radius 2 is 1.96 bits per heavy atom. The molecule has 2 aromatic heterocycles. The zero-order valence-electron chi connectivity index (χ0n) is 15.4. The average Bonchev–Trinajstić information content (AvgIpc) is 3.09. The Balaban J connectivity index is 1.64. The Hall–Kier alpha value is -3.75. The van der Waals surface area contributed by atoms with Crippen LogP contribution >= 0.6 is 0 Å². The first-order valence-electron chi connectivity index (χ1n) is 8.84. The highest BCUT2D eigenvalue weighted by atomic mass is 16.2. The van der Waals surface area contributed by atoms with Crippen molar-refractivity contribution in [3.8, 4) is 0 Å². The Morgan fingerprint density at radius 3 is 2.75 bits per heavy atom. The average molecular weight is 379 g/mol. The molecular weight excluding hydrogens is 358 g/mol. The molecule has 4 N–H and O–H groups in total. The van der Waals surface area contributed by atoms with Crippen molar-refractivity contribution in [2.75, 3.05) is 16.4 Å². The van der Waals surface area contributed by atoms with E-state index in [1.165, 1.54) is 18.6 Å². The van der Waals surface area contributed by atoms with E-state index in [-0.39, 0.29) is 17.4 Å². The molecule has 9 heteroatoms. The molecular formula is C19H21N7O2. The molecule has 0 saturated heterocycles. The molecule has 144 valence electrons. The number of aromatic nitrogens is 4. The molecule has 0 unspecified atom stereocenters. The van der Waals surface area contributed by atoms with E-state index in [0.717, 1.165) is 17.7 Å². The lowest BCUT2D eigenvalue weighted by molar-refractivity contribution is -0.116. The summed E-state index contributed by atoms with van der Waals surface area (Å²) in [6.45, 7) is 2.45. The molecule has 0 radical (unpaired) electrons. The second-order valence-electron chi connectivity index (χ2n) is 6.17. The van der Waals surface area contributed by atoms with Crippen LogP contribution in [0.2, 0.25) is 0 Å². The summed E-state index contributed by atoms with van der Waals surface area (Å²) < 4.78 is 1.68. The highest BCUT2D eigenvalue weighted by molar-refractivity contribution is 6.05. The van der Waals surface area contributed by atoms with Gasteiger partial charge in [0.15, 0.2) is 11.5 Å². The van der Waals surface area contributed by atoms with Gasteiger partial charge in [0.1, 0.15) is 0 Å². The van der Waals surface area contributed by atoms with Crippen LogP contribution in [0.15, 0.2) is 49.1 Å². The minimum atomic E-state index is -0.453. The summed E-state index contributed by atoms with van der Waals surface area (Å²) in [7, 11) is 0. The van der Waals surface area contributed by atoms with Gasteiger partial charge in [0, 0.05) is 30.7 Å². The lowest BCUT2D eigenvalue weighted by atomic mass is 10.2. The first-order valence-corrected chi connectivity index (χ1v) is 8.84. The van der Waals surface area contributed by atoms with Crippen molar-refractivity contribution in [2.24, 2.45) is 0 Å². The third-order valence-electron chi connectivity index (χ3n) is 3.87. The van der Waals surface area contributed by atoms with Crippen molar-refractivity contribution < 1.29 is 9.59 Å². The van der Waals surface area contributed by atoms with Crippen LogP contribution in [-0.4, -0.2) is 31.6 Å². The summed E-state index contributed by atoms with van der Waals surface area (Å²) in [5, 5.41) is 9.82. The molecule has 0 aliphatic carbocycles. The first-order chi connectivity index (χ1) is 13.5. The SMILES string of the molecule is CCCC(=O)Nc1cccc(Cn2cc(NC(=O)c3nccnc3N)cn2)c1. The summed E-state index contributed by atoms with van der Waals surface area (Å²) >= 11 is 0. The zero-order chi connectivity index (χ0) is 19.9. The van der Waals surface area contributed by atoms with Gasteiger partial charge in [-0.05, 0) is 24.1 Å². The van der Waals surface area contributed by atoms with Gasteiger partial charge < -0.3 is 16.4 Å². The van der Waals surface area contributed by atoms with Gasteiger partial charge in [0.25, 0.3) is 5.91 Å². The van der Waals surface area contributed by atoms with E-state index < -0.39 is 5.91 Å². The molecule has 0 aliphatic heterocycles. The number of nitrogens with zero attached hydrogens (tertiary/aromatic N) is 4. The minimum absolute atomic E-state index is 0.00739. The van der Waals surface area contributed by atoms with Crippen LogP contribution in [0.4, 0.5) is 17.2 Å². The van der Waals surface area contributed by atoms with Crippen molar-refractivity contribution in [2.45, 2.75) is 26.3 Å². The van der Waals surface area contributed by atoms with E-state index in [9.17, 15) is 9.59 Å². The molecule has 2 heterocycles. The number of hydrogen-bond acceptors (Lipinski definition) is 6. The van der Waals surface area contributed by atoms with Gasteiger partial charge >= 0.3 is 0 Å². The zero-order valence-corrected chi connectivity index (χ0v) is 15.4. The van der Waals surface area contributed by atoms with Crippen LogP contribution in [0.1, 0.15) is 35.8 Å². The second kappa shape index (κ2) is 8.76. The summed E-state index contributed by atoms with van der Waals surface area (Å²) in [6.07, 6.45) is 7.35. The molecule has 28 heavy (non-hydrogen) atoms. The van der Waals surface area contributed by atoms with Gasteiger partial charge in [-0.1, -0.05) is 19.1 Å². The topological polar surface area (TPSA) is 128 Å². The Bertz CT molecular complexity index is 984. The molecule has 3 rings (SSSR count). The molecule has 0 atom stereocenters. The van der Waals surface area contributed by atoms with Gasteiger partial charge in [-0.3, -0.25) is 14.3 Å². The number of carbonyl (C=O) groups excluding carboxylic acids is 2. The predicted molar refractivity (Wildman–Crippen MR) is 106 cm³/mol. The Kier molecular flexibility index (Phi) is 5.95.